The van der Waals surface area contributed by atoms with Crippen LogP contribution in [-0.2, 0) is 28.6 Å². The molecule has 1 atom stereocenters. The van der Waals surface area contributed by atoms with Gasteiger partial charge < -0.3 is 14.2 Å². The Morgan fingerprint density at radius 1 is 0.253 bits per heavy atom. The molecular weight excluding hydrogens is 1020 g/mol. The molecule has 0 spiro atoms. The van der Waals surface area contributed by atoms with Crippen molar-refractivity contribution in [1.82, 2.24) is 0 Å². The number of carbonyl (C=O) groups excluding carboxylic acids is 3. The average Bonchev–Trinajstić information content (AvgIpc) is 3.49. The summed E-state index contributed by atoms with van der Waals surface area (Å²) in [6.07, 6.45) is 96.8. The first-order valence-electron chi connectivity index (χ1n) is 35.4. The van der Waals surface area contributed by atoms with Crippen molar-refractivity contribution in [2.75, 3.05) is 13.2 Å². The van der Waals surface area contributed by atoms with Crippen LogP contribution in [0.1, 0.15) is 342 Å². The van der Waals surface area contributed by atoms with E-state index in [0.29, 0.717) is 19.3 Å². The zero-order valence-corrected chi connectivity index (χ0v) is 54.7. The number of hydrogen-bond donors (Lipinski definition) is 0. The molecule has 0 aliphatic heterocycles. The summed E-state index contributed by atoms with van der Waals surface area (Å²) in [6.45, 7) is 6.53. The predicted octanol–water partition coefficient (Wildman–Crippen LogP) is 24.6. The van der Waals surface area contributed by atoms with Crippen molar-refractivity contribution in [3.05, 3.63) is 109 Å². The fraction of sp³-hybridized carbons (Fsp3) is 0.727. The molecular formula is C77H132O6. The molecule has 6 nitrogen and oxygen atoms in total. The standard InChI is InChI=1S/C77H132O6/c1-4-7-10-13-16-19-22-25-28-30-31-32-33-34-35-36-37-38-39-40-41-42-43-44-45-46-47-48-50-52-55-58-61-64-67-70-76(79)82-73-74(72-81-75(78)69-66-63-60-57-54-51-27-24-21-18-15-12-9-6-3)83-77(80)71-68-65-62-59-56-53-49-29-26-23-20-17-14-11-8-5-2/h7,10,16,19-20,23,25,28-29,31-32,34-35,37-38,40-41,49,74H,4-6,8-9,11-15,17-18,21-22,24,26-27,30,33,36,39,42-48,50-73H2,1-3H3/b10-7-,19-16-,23-20-,28-25-,32-31-,35-34-,38-37-,41-40-,49-29-. The lowest BCUT2D eigenvalue weighted by Crippen LogP contribution is -2.30. The monoisotopic (exact) mass is 1150 g/mol. The lowest BCUT2D eigenvalue weighted by Gasteiger charge is -2.18. The number of unbranched alkanes of at least 4 members (excludes halogenated alkanes) is 35. The van der Waals surface area contributed by atoms with Gasteiger partial charge in [0.1, 0.15) is 13.2 Å². The molecule has 0 rings (SSSR count). The molecule has 0 fully saturated rings. The first kappa shape index (κ1) is 79.1. The van der Waals surface area contributed by atoms with Crippen molar-refractivity contribution in [3.8, 4) is 0 Å². The third-order valence-corrected chi connectivity index (χ3v) is 15.3. The van der Waals surface area contributed by atoms with Crippen molar-refractivity contribution in [2.24, 2.45) is 0 Å². The maximum absolute atomic E-state index is 12.9. The summed E-state index contributed by atoms with van der Waals surface area (Å²) in [5, 5.41) is 0. The zero-order chi connectivity index (χ0) is 59.9. The Morgan fingerprint density at radius 2 is 0.470 bits per heavy atom. The minimum atomic E-state index is -0.785. The van der Waals surface area contributed by atoms with Crippen LogP contribution in [0.25, 0.3) is 0 Å². The van der Waals surface area contributed by atoms with E-state index in [2.05, 4.69) is 130 Å². The number of carbonyl (C=O) groups is 3. The van der Waals surface area contributed by atoms with Gasteiger partial charge in [-0.3, -0.25) is 14.4 Å². The van der Waals surface area contributed by atoms with Gasteiger partial charge in [-0.05, 0) is 109 Å². The van der Waals surface area contributed by atoms with Crippen LogP contribution in [-0.4, -0.2) is 37.2 Å². The summed E-state index contributed by atoms with van der Waals surface area (Å²) in [4.78, 5) is 38.4. The SMILES string of the molecule is CC/C=C\C/C=C\C/C=C\C/C=C\C/C=C\C/C=C\C/C=C\CCCCCCCCCCCCCCCC(=O)OCC(COC(=O)CCCCCCCCCCCCCCCC)OC(=O)CCCCCCC/C=C\C/C=C\CCCCCC. The minimum absolute atomic E-state index is 0.0795. The molecule has 0 aromatic rings. The Balaban J connectivity index is 4.20. The summed E-state index contributed by atoms with van der Waals surface area (Å²) in [5.74, 6) is -0.880. The van der Waals surface area contributed by atoms with Gasteiger partial charge in [-0.1, -0.05) is 323 Å². The number of hydrogen-bond acceptors (Lipinski definition) is 6. The number of ether oxygens (including phenoxy) is 3. The predicted molar refractivity (Wildman–Crippen MR) is 362 cm³/mol. The van der Waals surface area contributed by atoms with E-state index in [9.17, 15) is 14.4 Å². The highest BCUT2D eigenvalue weighted by atomic mass is 16.6. The van der Waals surface area contributed by atoms with Crippen LogP contribution in [0.2, 0.25) is 0 Å². The Hall–Kier alpha value is -3.93. The van der Waals surface area contributed by atoms with Gasteiger partial charge in [0.05, 0.1) is 0 Å². The maximum Gasteiger partial charge on any atom is 0.306 e. The molecule has 0 bridgehead atoms. The van der Waals surface area contributed by atoms with E-state index in [4.69, 9.17) is 14.2 Å². The van der Waals surface area contributed by atoms with E-state index >= 15 is 0 Å². The lowest BCUT2D eigenvalue weighted by molar-refractivity contribution is -0.167. The fourth-order valence-electron chi connectivity index (χ4n) is 9.99. The first-order chi connectivity index (χ1) is 41.0. The quantitative estimate of drug-likeness (QED) is 0.0261. The lowest BCUT2D eigenvalue weighted by atomic mass is 10.0. The van der Waals surface area contributed by atoms with Crippen LogP contribution >= 0.6 is 0 Å². The highest BCUT2D eigenvalue weighted by molar-refractivity contribution is 5.71. The van der Waals surface area contributed by atoms with Crippen molar-refractivity contribution >= 4 is 17.9 Å². The van der Waals surface area contributed by atoms with E-state index in [0.717, 1.165) is 128 Å². The highest BCUT2D eigenvalue weighted by Crippen LogP contribution is 2.17. The van der Waals surface area contributed by atoms with Crippen molar-refractivity contribution in [3.63, 3.8) is 0 Å². The van der Waals surface area contributed by atoms with E-state index in [-0.39, 0.29) is 31.1 Å². The second-order valence-corrected chi connectivity index (χ2v) is 23.4. The Morgan fingerprint density at radius 3 is 0.747 bits per heavy atom. The third kappa shape index (κ3) is 68.7. The molecule has 1 unspecified atom stereocenters. The van der Waals surface area contributed by atoms with Gasteiger partial charge in [0.15, 0.2) is 6.10 Å². The van der Waals surface area contributed by atoms with Crippen LogP contribution < -0.4 is 0 Å². The summed E-state index contributed by atoms with van der Waals surface area (Å²) in [6, 6.07) is 0. The van der Waals surface area contributed by atoms with Crippen molar-refractivity contribution in [1.29, 1.82) is 0 Å². The van der Waals surface area contributed by atoms with E-state index in [1.165, 1.54) is 173 Å². The number of rotatable bonds is 64. The van der Waals surface area contributed by atoms with E-state index < -0.39 is 6.10 Å². The molecule has 476 valence electrons. The Kier molecular flexibility index (Phi) is 67.2. The minimum Gasteiger partial charge on any atom is -0.462 e. The van der Waals surface area contributed by atoms with Gasteiger partial charge in [-0.2, -0.15) is 0 Å². The molecule has 6 heteroatoms. The zero-order valence-electron chi connectivity index (χ0n) is 54.7. The third-order valence-electron chi connectivity index (χ3n) is 15.3. The van der Waals surface area contributed by atoms with E-state index in [1.807, 2.05) is 0 Å². The Bertz CT molecular complexity index is 1660. The molecule has 0 N–H and O–H groups in total. The Labute approximate surface area is 514 Å². The fourth-order valence-corrected chi connectivity index (χ4v) is 9.99. The summed E-state index contributed by atoms with van der Waals surface area (Å²) >= 11 is 0. The molecule has 0 heterocycles. The van der Waals surface area contributed by atoms with Gasteiger partial charge in [-0.25, -0.2) is 0 Å². The molecule has 83 heavy (non-hydrogen) atoms. The van der Waals surface area contributed by atoms with Gasteiger partial charge in [-0.15, -0.1) is 0 Å². The number of esters is 3. The van der Waals surface area contributed by atoms with Crippen LogP contribution in [0.4, 0.5) is 0 Å². The van der Waals surface area contributed by atoms with Crippen LogP contribution in [0.5, 0.6) is 0 Å². The van der Waals surface area contributed by atoms with Crippen molar-refractivity contribution < 1.29 is 28.6 Å². The number of allylic oxidation sites excluding steroid dienone is 18. The van der Waals surface area contributed by atoms with E-state index in [1.54, 1.807) is 0 Å². The van der Waals surface area contributed by atoms with Gasteiger partial charge in [0, 0.05) is 19.3 Å². The van der Waals surface area contributed by atoms with Crippen LogP contribution in [0.3, 0.4) is 0 Å². The second-order valence-electron chi connectivity index (χ2n) is 23.4. The van der Waals surface area contributed by atoms with Crippen molar-refractivity contribution in [2.45, 2.75) is 348 Å². The van der Waals surface area contributed by atoms with Gasteiger partial charge in [0.25, 0.3) is 0 Å². The molecule has 0 aromatic heterocycles. The normalized spacial score (nSPS) is 12.8. The average molecular weight is 1150 g/mol. The second kappa shape index (κ2) is 70.6. The summed E-state index contributed by atoms with van der Waals surface area (Å²) < 4.78 is 17.0. The van der Waals surface area contributed by atoms with Gasteiger partial charge >= 0.3 is 17.9 Å². The molecule has 0 aromatic carbocycles. The summed E-state index contributed by atoms with van der Waals surface area (Å²) in [5.41, 5.74) is 0. The van der Waals surface area contributed by atoms with Gasteiger partial charge in [0.2, 0.25) is 0 Å². The maximum atomic E-state index is 12.9. The smallest absolute Gasteiger partial charge is 0.306 e. The summed E-state index contributed by atoms with van der Waals surface area (Å²) in [7, 11) is 0. The topological polar surface area (TPSA) is 78.9 Å². The molecule has 0 saturated carbocycles. The molecule has 0 aliphatic carbocycles. The molecule has 0 saturated heterocycles. The first-order valence-corrected chi connectivity index (χ1v) is 35.4. The van der Waals surface area contributed by atoms with Crippen LogP contribution in [0, 0.1) is 0 Å². The molecule has 0 amide bonds. The molecule has 0 radical (unpaired) electrons. The van der Waals surface area contributed by atoms with Crippen LogP contribution in [0.15, 0.2) is 109 Å². The molecule has 0 aliphatic rings. The largest absolute Gasteiger partial charge is 0.462 e. The highest BCUT2D eigenvalue weighted by Gasteiger charge is 2.19.